The molecule has 1 unspecified atom stereocenters. The third kappa shape index (κ3) is 4.40. The van der Waals surface area contributed by atoms with Crippen molar-refractivity contribution in [2.45, 2.75) is 33.0 Å². The van der Waals surface area contributed by atoms with Gasteiger partial charge in [-0.05, 0) is 38.1 Å². The van der Waals surface area contributed by atoms with Crippen LogP contribution in [0.2, 0.25) is 10.0 Å². The van der Waals surface area contributed by atoms with E-state index in [1.807, 2.05) is 6.92 Å². The summed E-state index contributed by atoms with van der Waals surface area (Å²) in [5.41, 5.74) is 1.15. The van der Waals surface area contributed by atoms with Crippen LogP contribution in [0.5, 0.6) is 0 Å². The molecule has 0 aliphatic rings. The predicted molar refractivity (Wildman–Crippen MR) is 115 cm³/mol. The van der Waals surface area contributed by atoms with Gasteiger partial charge >= 0.3 is 5.97 Å². The molecule has 5 nitrogen and oxygen atoms in total. The Hall–Kier alpha value is -2.70. The molecule has 0 aliphatic heterocycles. The zero-order chi connectivity index (χ0) is 22.0. The standard InChI is InChI=1S/C22H19Cl2FN2O3/c1-3-27-15(10-14-5-4-6-18(26-14)12(2)25)11-19(28)20(22(29)30)21(27)13-7-8-16(23)17(24)9-13/h4-9,11-12H,3,10H2,1-2H3,(H,29,30). The van der Waals surface area contributed by atoms with E-state index in [4.69, 9.17) is 23.2 Å². The molecule has 0 bridgehead atoms. The second-order valence-electron chi connectivity index (χ2n) is 6.75. The van der Waals surface area contributed by atoms with Gasteiger partial charge in [-0.1, -0.05) is 35.3 Å². The van der Waals surface area contributed by atoms with Crippen molar-refractivity contribution in [3.8, 4) is 11.3 Å². The SMILES string of the molecule is CCn1c(Cc2cccc(C(C)F)n2)cc(=O)c(C(=O)O)c1-c1ccc(Cl)c(Cl)c1. The normalized spacial score (nSPS) is 12.0. The zero-order valence-electron chi connectivity index (χ0n) is 16.3. The minimum atomic E-state index is -1.33. The van der Waals surface area contributed by atoms with Crippen molar-refractivity contribution >= 4 is 29.2 Å². The fraction of sp³-hybridized carbons (Fsp3) is 0.227. The molecule has 0 fully saturated rings. The van der Waals surface area contributed by atoms with E-state index in [2.05, 4.69) is 4.98 Å². The highest BCUT2D eigenvalue weighted by molar-refractivity contribution is 6.42. The van der Waals surface area contributed by atoms with Crippen LogP contribution in [0.25, 0.3) is 11.3 Å². The van der Waals surface area contributed by atoms with Crippen molar-refractivity contribution in [3.05, 3.63) is 85.4 Å². The molecule has 1 aromatic carbocycles. The van der Waals surface area contributed by atoms with E-state index in [1.54, 1.807) is 34.9 Å². The van der Waals surface area contributed by atoms with Crippen molar-refractivity contribution < 1.29 is 14.3 Å². The molecular formula is C22H19Cl2FN2O3. The Labute approximate surface area is 182 Å². The number of halogens is 3. The van der Waals surface area contributed by atoms with Crippen LogP contribution >= 0.6 is 23.2 Å². The van der Waals surface area contributed by atoms with E-state index >= 15 is 0 Å². The lowest BCUT2D eigenvalue weighted by Crippen LogP contribution is -2.23. The first kappa shape index (κ1) is 22.0. The molecule has 0 saturated heterocycles. The van der Waals surface area contributed by atoms with Gasteiger partial charge in [0.15, 0.2) is 5.43 Å². The van der Waals surface area contributed by atoms with Gasteiger partial charge in [0.25, 0.3) is 0 Å². The Bertz CT molecular complexity index is 1180. The molecular weight excluding hydrogens is 430 g/mol. The van der Waals surface area contributed by atoms with Crippen LogP contribution < -0.4 is 5.43 Å². The number of hydrogen-bond donors (Lipinski definition) is 1. The Morgan fingerprint density at radius 3 is 2.53 bits per heavy atom. The van der Waals surface area contributed by atoms with E-state index in [0.29, 0.717) is 34.2 Å². The fourth-order valence-corrected chi connectivity index (χ4v) is 3.66. The maximum Gasteiger partial charge on any atom is 0.341 e. The molecule has 0 amide bonds. The number of pyridine rings is 2. The van der Waals surface area contributed by atoms with E-state index in [-0.39, 0.29) is 22.7 Å². The zero-order valence-corrected chi connectivity index (χ0v) is 17.8. The summed E-state index contributed by atoms with van der Waals surface area (Å²) in [7, 11) is 0. The molecule has 0 saturated carbocycles. The maximum atomic E-state index is 13.7. The van der Waals surface area contributed by atoms with Crippen LogP contribution in [-0.2, 0) is 13.0 Å². The molecule has 2 heterocycles. The molecule has 0 radical (unpaired) electrons. The lowest BCUT2D eigenvalue weighted by atomic mass is 10.0. The van der Waals surface area contributed by atoms with Crippen LogP contribution in [0.3, 0.4) is 0 Å². The number of carbonyl (C=O) groups is 1. The number of aromatic carboxylic acids is 1. The third-order valence-corrected chi connectivity index (χ3v) is 5.46. The number of carboxylic acid groups (broad SMARTS) is 1. The first-order valence-electron chi connectivity index (χ1n) is 9.28. The van der Waals surface area contributed by atoms with E-state index in [0.717, 1.165) is 0 Å². The second-order valence-corrected chi connectivity index (χ2v) is 7.56. The largest absolute Gasteiger partial charge is 0.477 e. The molecule has 2 aromatic heterocycles. The summed E-state index contributed by atoms with van der Waals surface area (Å²) < 4.78 is 15.4. The Morgan fingerprint density at radius 1 is 1.20 bits per heavy atom. The Kier molecular flexibility index (Phi) is 6.58. The molecule has 3 aromatic rings. The van der Waals surface area contributed by atoms with Crippen molar-refractivity contribution in [2.24, 2.45) is 0 Å². The highest BCUT2D eigenvalue weighted by atomic mass is 35.5. The van der Waals surface area contributed by atoms with Crippen molar-refractivity contribution in [3.63, 3.8) is 0 Å². The number of alkyl halides is 1. The number of nitrogens with zero attached hydrogens (tertiary/aromatic N) is 2. The lowest BCUT2D eigenvalue weighted by molar-refractivity contribution is 0.0695. The lowest BCUT2D eigenvalue weighted by Gasteiger charge is -2.20. The average Bonchev–Trinajstić information content (AvgIpc) is 2.69. The summed E-state index contributed by atoms with van der Waals surface area (Å²) in [5, 5.41) is 10.3. The van der Waals surface area contributed by atoms with Gasteiger partial charge in [0.2, 0.25) is 0 Å². The minimum absolute atomic E-state index is 0.234. The number of hydrogen-bond acceptors (Lipinski definition) is 3. The van der Waals surface area contributed by atoms with Crippen LogP contribution in [0, 0.1) is 0 Å². The van der Waals surface area contributed by atoms with Crippen molar-refractivity contribution in [1.29, 1.82) is 0 Å². The van der Waals surface area contributed by atoms with Crippen molar-refractivity contribution in [2.75, 3.05) is 0 Å². The monoisotopic (exact) mass is 448 g/mol. The van der Waals surface area contributed by atoms with E-state index in [1.165, 1.54) is 19.1 Å². The third-order valence-electron chi connectivity index (χ3n) is 4.72. The van der Waals surface area contributed by atoms with Gasteiger partial charge in [-0.25, -0.2) is 9.18 Å². The van der Waals surface area contributed by atoms with Gasteiger partial charge in [0, 0.05) is 36.0 Å². The van der Waals surface area contributed by atoms with Gasteiger partial charge in [0.1, 0.15) is 11.7 Å². The Morgan fingerprint density at radius 2 is 1.93 bits per heavy atom. The summed E-state index contributed by atoms with van der Waals surface area (Å²) >= 11 is 12.1. The second kappa shape index (κ2) is 8.98. The molecule has 3 rings (SSSR count). The van der Waals surface area contributed by atoms with Gasteiger partial charge in [0.05, 0.1) is 21.4 Å². The number of aromatic nitrogens is 2. The smallest absolute Gasteiger partial charge is 0.341 e. The molecule has 0 aliphatic carbocycles. The fourth-order valence-electron chi connectivity index (χ4n) is 3.36. The minimum Gasteiger partial charge on any atom is -0.477 e. The summed E-state index contributed by atoms with van der Waals surface area (Å²) in [6.07, 6.45) is -0.989. The van der Waals surface area contributed by atoms with Gasteiger partial charge < -0.3 is 9.67 Å². The summed E-state index contributed by atoms with van der Waals surface area (Å²) in [6, 6.07) is 11.0. The topological polar surface area (TPSA) is 72.2 Å². The quantitative estimate of drug-likeness (QED) is 0.535. The summed E-state index contributed by atoms with van der Waals surface area (Å²) in [6.45, 7) is 3.64. The summed E-state index contributed by atoms with van der Waals surface area (Å²) in [4.78, 5) is 28.9. The first-order chi connectivity index (χ1) is 14.2. The molecule has 1 atom stereocenters. The highest BCUT2D eigenvalue weighted by Gasteiger charge is 2.22. The molecule has 30 heavy (non-hydrogen) atoms. The van der Waals surface area contributed by atoms with Crippen LogP contribution in [0.1, 0.15) is 47.5 Å². The van der Waals surface area contributed by atoms with Crippen LogP contribution in [-0.4, -0.2) is 20.6 Å². The van der Waals surface area contributed by atoms with Crippen LogP contribution in [0.15, 0.2) is 47.3 Å². The average molecular weight is 449 g/mol. The number of rotatable bonds is 6. The molecule has 8 heteroatoms. The molecule has 1 N–H and O–H groups in total. The number of carboxylic acids is 1. The van der Waals surface area contributed by atoms with Crippen molar-refractivity contribution in [1.82, 2.24) is 9.55 Å². The number of benzene rings is 1. The predicted octanol–water partition coefficient (Wildman–Crippen LogP) is 5.56. The van der Waals surface area contributed by atoms with Crippen LogP contribution in [0.4, 0.5) is 4.39 Å². The van der Waals surface area contributed by atoms with E-state index < -0.39 is 17.6 Å². The molecule has 156 valence electrons. The summed E-state index contributed by atoms with van der Waals surface area (Å²) in [5.74, 6) is -1.33. The van der Waals surface area contributed by atoms with Gasteiger partial charge in [-0.3, -0.25) is 9.78 Å². The first-order valence-corrected chi connectivity index (χ1v) is 10.0. The van der Waals surface area contributed by atoms with Gasteiger partial charge in [-0.15, -0.1) is 0 Å². The van der Waals surface area contributed by atoms with Gasteiger partial charge in [-0.2, -0.15) is 0 Å². The Balaban J connectivity index is 2.24. The highest BCUT2D eigenvalue weighted by Crippen LogP contribution is 2.31. The molecule has 0 spiro atoms. The van der Waals surface area contributed by atoms with E-state index in [9.17, 15) is 19.1 Å². The maximum absolute atomic E-state index is 13.7.